The maximum atomic E-state index is 12.4. The van der Waals surface area contributed by atoms with Crippen LogP contribution in [0, 0.1) is 5.92 Å². The van der Waals surface area contributed by atoms with E-state index in [9.17, 15) is 4.79 Å². The first-order chi connectivity index (χ1) is 13.5. The van der Waals surface area contributed by atoms with Crippen LogP contribution < -0.4 is 15.4 Å². The first kappa shape index (κ1) is 19.8. The Morgan fingerprint density at radius 3 is 2.61 bits per heavy atom. The molecule has 1 amide bonds. The van der Waals surface area contributed by atoms with Gasteiger partial charge in [-0.1, -0.05) is 62.4 Å². The molecular formula is C23H24N2O2S. The number of hydrogen-bond acceptors (Lipinski definition) is 3. The van der Waals surface area contributed by atoms with Crippen molar-refractivity contribution >= 4 is 39.7 Å². The summed E-state index contributed by atoms with van der Waals surface area (Å²) in [5, 5.41) is 8.26. The van der Waals surface area contributed by atoms with E-state index in [1.807, 2.05) is 66.7 Å². The van der Waals surface area contributed by atoms with Crippen LogP contribution in [-0.4, -0.2) is 17.6 Å². The first-order valence-corrected chi connectivity index (χ1v) is 9.72. The molecule has 4 nitrogen and oxygen atoms in total. The minimum atomic E-state index is -0.152. The van der Waals surface area contributed by atoms with E-state index in [0.717, 1.165) is 27.8 Å². The summed E-state index contributed by atoms with van der Waals surface area (Å²) in [5.41, 5.74) is 1.75. The van der Waals surface area contributed by atoms with Crippen LogP contribution in [0.4, 0.5) is 5.69 Å². The zero-order valence-corrected chi connectivity index (χ0v) is 16.9. The fourth-order valence-electron chi connectivity index (χ4n) is 2.88. The van der Waals surface area contributed by atoms with Crippen LogP contribution in [0.15, 0.2) is 66.7 Å². The molecule has 0 radical (unpaired) electrons. The smallest absolute Gasteiger partial charge is 0.230 e. The second-order valence-corrected chi connectivity index (χ2v) is 7.46. The Balaban J connectivity index is 1.59. The van der Waals surface area contributed by atoms with Gasteiger partial charge in [0.25, 0.3) is 0 Å². The molecule has 0 aliphatic carbocycles. The lowest BCUT2D eigenvalue weighted by molar-refractivity contribution is -0.119. The van der Waals surface area contributed by atoms with Gasteiger partial charge in [0, 0.05) is 11.8 Å². The Kier molecular flexibility index (Phi) is 6.61. The van der Waals surface area contributed by atoms with Crippen molar-refractivity contribution in [2.45, 2.75) is 20.3 Å². The van der Waals surface area contributed by atoms with Gasteiger partial charge >= 0.3 is 0 Å². The van der Waals surface area contributed by atoms with Crippen LogP contribution in [0.1, 0.15) is 19.4 Å². The number of rotatable bonds is 6. The number of carbonyl (C=O) groups is 1. The van der Waals surface area contributed by atoms with E-state index in [1.54, 1.807) is 0 Å². The summed E-state index contributed by atoms with van der Waals surface area (Å²) in [6, 6.07) is 21.5. The molecule has 0 saturated carbocycles. The quantitative estimate of drug-likeness (QED) is 0.584. The summed E-state index contributed by atoms with van der Waals surface area (Å²) >= 11 is 5.29. The Morgan fingerprint density at radius 1 is 1.04 bits per heavy atom. The average molecular weight is 393 g/mol. The zero-order chi connectivity index (χ0) is 19.9. The molecule has 0 atom stereocenters. The topological polar surface area (TPSA) is 50.4 Å². The van der Waals surface area contributed by atoms with Crippen molar-refractivity contribution in [1.82, 2.24) is 5.32 Å². The molecule has 144 valence electrons. The largest absolute Gasteiger partial charge is 0.493 e. The second-order valence-electron chi connectivity index (χ2n) is 7.05. The van der Waals surface area contributed by atoms with E-state index < -0.39 is 0 Å². The number of benzene rings is 3. The third kappa shape index (κ3) is 5.54. The molecule has 0 bridgehead atoms. The Bertz CT molecular complexity index is 980. The number of thiocarbonyl (C=S) groups is 1. The van der Waals surface area contributed by atoms with E-state index in [0.29, 0.717) is 12.5 Å². The highest BCUT2D eigenvalue weighted by Gasteiger charge is 2.09. The molecule has 0 unspecified atom stereocenters. The lowest BCUT2D eigenvalue weighted by Gasteiger charge is -2.13. The Morgan fingerprint density at radius 2 is 1.79 bits per heavy atom. The summed E-state index contributed by atoms with van der Waals surface area (Å²) in [5.74, 6) is 1.07. The monoisotopic (exact) mass is 392 g/mol. The summed E-state index contributed by atoms with van der Waals surface area (Å²) in [7, 11) is 0. The molecule has 0 saturated heterocycles. The third-order valence-electron chi connectivity index (χ3n) is 4.16. The highest BCUT2D eigenvalue weighted by Crippen LogP contribution is 2.19. The molecule has 0 aromatic heterocycles. The average Bonchev–Trinajstić information content (AvgIpc) is 2.67. The van der Waals surface area contributed by atoms with Crippen LogP contribution in [0.2, 0.25) is 0 Å². The van der Waals surface area contributed by atoms with E-state index >= 15 is 0 Å². The van der Waals surface area contributed by atoms with Gasteiger partial charge in [-0.25, -0.2) is 0 Å². The SMILES string of the molecule is CC(C)COc1cccc(NC(=S)NC(=O)Cc2cccc3ccccc23)c1. The standard InChI is InChI=1S/C23H24N2O2S/c1-16(2)15-27-20-11-6-10-19(14-20)24-23(28)25-22(26)13-18-9-5-8-17-7-3-4-12-21(17)18/h3-12,14,16H,13,15H2,1-2H3,(H2,24,25,26,28). The zero-order valence-electron chi connectivity index (χ0n) is 16.1. The number of amides is 1. The van der Waals surface area contributed by atoms with Crippen molar-refractivity contribution in [2.24, 2.45) is 5.92 Å². The maximum absolute atomic E-state index is 12.4. The highest BCUT2D eigenvalue weighted by atomic mass is 32.1. The van der Waals surface area contributed by atoms with Crippen molar-refractivity contribution in [2.75, 3.05) is 11.9 Å². The predicted molar refractivity (Wildman–Crippen MR) is 119 cm³/mol. The predicted octanol–water partition coefficient (Wildman–Crippen LogP) is 4.93. The summed E-state index contributed by atoms with van der Waals surface area (Å²) in [4.78, 5) is 12.4. The number of nitrogens with one attached hydrogen (secondary N) is 2. The van der Waals surface area contributed by atoms with Gasteiger partial charge in [-0.15, -0.1) is 0 Å². The van der Waals surface area contributed by atoms with Gasteiger partial charge in [-0.3, -0.25) is 4.79 Å². The van der Waals surface area contributed by atoms with Gasteiger partial charge in [0.05, 0.1) is 13.0 Å². The summed E-state index contributed by atoms with van der Waals surface area (Å²) in [6.07, 6.45) is 0.265. The van der Waals surface area contributed by atoms with Crippen LogP contribution in [-0.2, 0) is 11.2 Å². The molecule has 0 fully saturated rings. The fraction of sp³-hybridized carbons (Fsp3) is 0.217. The molecule has 0 heterocycles. The molecule has 3 aromatic rings. The third-order valence-corrected chi connectivity index (χ3v) is 4.36. The molecule has 0 aliphatic rings. The van der Waals surface area contributed by atoms with Crippen molar-refractivity contribution in [3.63, 3.8) is 0 Å². The fourth-order valence-corrected chi connectivity index (χ4v) is 3.11. The van der Waals surface area contributed by atoms with Crippen LogP contribution >= 0.6 is 12.2 Å². The van der Waals surface area contributed by atoms with Crippen molar-refractivity contribution in [3.8, 4) is 5.75 Å². The van der Waals surface area contributed by atoms with Crippen molar-refractivity contribution < 1.29 is 9.53 Å². The van der Waals surface area contributed by atoms with Crippen molar-refractivity contribution in [3.05, 3.63) is 72.3 Å². The van der Waals surface area contributed by atoms with Gasteiger partial charge in [-0.05, 0) is 46.6 Å². The highest BCUT2D eigenvalue weighted by molar-refractivity contribution is 7.80. The molecule has 0 spiro atoms. The lowest BCUT2D eigenvalue weighted by atomic mass is 10.0. The number of fused-ring (bicyclic) bond motifs is 1. The summed E-state index contributed by atoms with van der Waals surface area (Å²) in [6.45, 7) is 4.85. The normalized spacial score (nSPS) is 10.7. The van der Waals surface area contributed by atoms with Gasteiger partial charge in [0.1, 0.15) is 5.75 Å². The van der Waals surface area contributed by atoms with E-state index in [4.69, 9.17) is 17.0 Å². The minimum Gasteiger partial charge on any atom is -0.493 e. The lowest BCUT2D eigenvalue weighted by Crippen LogP contribution is -2.35. The minimum absolute atomic E-state index is 0.152. The van der Waals surface area contributed by atoms with E-state index in [1.165, 1.54) is 0 Å². The first-order valence-electron chi connectivity index (χ1n) is 9.31. The van der Waals surface area contributed by atoms with Crippen LogP contribution in [0.5, 0.6) is 5.75 Å². The second kappa shape index (κ2) is 9.33. The molecular weight excluding hydrogens is 368 g/mol. The number of ether oxygens (including phenoxy) is 1. The molecule has 2 N–H and O–H groups in total. The molecule has 3 aromatic carbocycles. The van der Waals surface area contributed by atoms with E-state index in [2.05, 4.69) is 24.5 Å². The van der Waals surface area contributed by atoms with Crippen LogP contribution in [0.25, 0.3) is 10.8 Å². The van der Waals surface area contributed by atoms with E-state index in [-0.39, 0.29) is 17.4 Å². The van der Waals surface area contributed by atoms with Crippen LogP contribution in [0.3, 0.4) is 0 Å². The van der Waals surface area contributed by atoms with Gasteiger partial charge in [0.2, 0.25) is 5.91 Å². The maximum Gasteiger partial charge on any atom is 0.230 e. The Hall–Kier alpha value is -2.92. The summed E-state index contributed by atoms with van der Waals surface area (Å²) < 4.78 is 5.72. The molecule has 0 aliphatic heterocycles. The number of hydrogen-bond donors (Lipinski definition) is 2. The Labute approximate surface area is 170 Å². The van der Waals surface area contributed by atoms with Gasteiger partial charge < -0.3 is 15.4 Å². The molecule has 28 heavy (non-hydrogen) atoms. The number of carbonyl (C=O) groups excluding carboxylic acids is 1. The van der Waals surface area contributed by atoms with Crippen molar-refractivity contribution in [1.29, 1.82) is 0 Å². The number of anilines is 1. The van der Waals surface area contributed by atoms with Gasteiger partial charge in [-0.2, -0.15) is 0 Å². The van der Waals surface area contributed by atoms with Gasteiger partial charge in [0.15, 0.2) is 5.11 Å². The molecule has 5 heteroatoms. The molecule has 3 rings (SSSR count).